The van der Waals surface area contributed by atoms with Gasteiger partial charge in [-0.1, -0.05) is 37.3 Å². The first-order valence-electron chi connectivity index (χ1n) is 7.21. The molecule has 1 aromatic carbocycles. The van der Waals surface area contributed by atoms with Crippen molar-refractivity contribution in [2.75, 3.05) is 0 Å². The monoisotopic (exact) mass is 296 g/mol. The van der Waals surface area contributed by atoms with E-state index in [2.05, 4.69) is 10.3 Å². The Hall–Kier alpha value is -2.69. The van der Waals surface area contributed by atoms with Gasteiger partial charge in [-0.2, -0.15) is 0 Å². The Morgan fingerprint density at radius 1 is 1.23 bits per heavy atom. The second-order valence-corrected chi connectivity index (χ2v) is 5.12. The van der Waals surface area contributed by atoms with Crippen molar-refractivity contribution in [2.24, 2.45) is 0 Å². The van der Waals surface area contributed by atoms with Crippen LogP contribution in [-0.4, -0.2) is 16.8 Å². The highest BCUT2D eigenvalue weighted by Crippen LogP contribution is 2.23. The highest BCUT2D eigenvalue weighted by molar-refractivity contribution is 6.10. The van der Waals surface area contributed by atoms with Gasteiger partial charge in [0.25, 0.3) is 5.91 Å². The van der Waals surface area contributed by atoms with E-state index >= 15 is 0 Å². The van der Waals surface area contributed by atoms with E-state index in [4.69, 9.17) is 4.74 Å². The maximum Gasteiger partial charge on any atom is 0.259 e. The predicted octanol–water partition coefficient (Wildman–Crippen LogP) is 2.04. The Morgan fingerprint density at radius 2 is 2.00 bits per heavy atom. The fraction of sp³-hybridized carbons (Fsp3) is 0.235. The number of hydrogen-bond acceptors (Lipinski definition) is 4. The summed E-state index contributed by atoms with van der Waals surface area (Å²) in [5.74, 6) is -0.251. The van der Waals surface area contributed by atoms with E-state index in [1.165, 1.54) is 0 Å². The summed E-state index contributed by atoms with van der Waals surface area (Å²) in [7, 11) is 0. The lowest BCUT2D eigenvalue weighted by Gasteiger charge is -2.18. The van der Waals surface area contributed by atoms with Gasteiger partial charge >= 0.3 is 0 Å². The SMILES string of the molecule is CCc1cc(OCc2ccccc2)nc2c1C(=O)NC(=O)C2. The number of fused-ring (bicyclic) bond motifs is 1. The van der Waals surface area contributed by atoms with Crippen LogP contribution in [0.3, 0.4) is 0 Å². The molecule has 0 spiro atoms. The van der Waals surface area contributed by atoms with Crippen LogP contribution in [0.15, 0.2) is 36.4 Å². The number of carbonyl (C=O) groups excluding carboxylic acids is 2. The Balaban J connectivity index is 1.88. The fourth-order valence-corrected chi connectivity index (χ4v) is 2.50. The molecule has 2 heterocycles. The molecule has 0 fully saturated rings. The summed E-state index contributed by atoms with van der Waals surface area (Å²) >= 11 is 0. The van der Waals surface area contributed by atoms with Gasteiger partial charge in [-0.25, -0.2) is 4.98 Å². The van der Waals surface area contributed by atoms with E-state index < -0.39 is 0 Å². The maximum absolute atomic E-state index is 12.0. The van der Waals surface area contributed by atoms with Gasteiger partial charge in [0.15, 0.2) is 0 Å². The van der Waals surface area contributed by atoms with Crippen molar-refractivity contribution in [2.45, 2.75) is 26.4 Å². The number of nitrogens with one attached hydrogen (secondary N) is 1. The second kappa shape index (κ2) is 5.97. The van der Waals surface area contributed by atoms with Crippen molar-refractivity contribution in [1.82, 2.24) is 10.3 Å². The first-order chi connectivity index (χ1) is 10.7. The van der Waals surface area contributed by atoms with Gasteiger partial charge < -0.3 is 4.74 Å². The third-order valence-electron chi connectivity index (χ3n) is 3.57. The zero-order chi connectivity index (χ0) is 15.5. The molecule has 0 saturated heterocycles. The summed E-state index contributed by atoms with van der Waals surface area (Å²) in [5, 5.41) is 2.33. The maximum atomic E-state index is 12.0. The molecule has 2 aromatic rings. The molecule has 1 aromatic heterocycles. The second-order valence-electron chi connectivity index (χ2n) is 5.12. The molecular formula is C17H16N2O3. The lowest BCUT2D eigenvalue weighted by Crippen LogP contribution is -2.38. The highest BCUT2D eigenvalue weighted by atomic mass is 16.5. The normalized spacial score (nSPS) is 13.5. The van der Waals surface area contributed by atoms with E-state index in [1.807, 2.05) is 37.3 Å². The van der Waals surface area contributed by atoms with Crippen molar-refractivity contribution in [3.63, 3.8) is 0 Å². The molecule has 1 aliphatic rings. The largest absolute Gasteiger partial charge is 0.473 e. The Labute approximate surface area is 128 Å². The molecular weight excluding hydrogens is 280 g/mol. The smallest absolute Gasteiger partial charge is 0.259 e. The predicted molar refractivity (Wildman–Crippen MR) is 80.6 cm³/mol. The molecule has 0 atom stereocenters. The van der Waals surface area contributed by atoms with Gasteiger partial charge in [0, 0.05) is 6.07 Å². The van der Waals surface area contributed by atoms with Crippen LogP contribution in [0.2, 0.25) is 0 Å². The molecule has 1 aliphatic heterocycles. The molecule has 2 amide bonds. The summed E-state index contributed by atoms with van der Waals surface area (Å²) in [4.78, 5) is 27.8. The molecule has 0 aliphatic carbocycles. The number of carbonyl (C=O) groups is 2. The van der Waals surface area contributed by atoms with Crippen molar-refractivity contribution in [3.8, 4) is 5.88 Å². The highest BCUT2D eigenvalue weighted by Gasteiger charge is 2.27. The van der Waals surface area contributed by atoms with Crippen molar-refractivity contribution in [1.29, 1.82) is 0 Å². The van der Waals surface area contributed by atoms with E-state index in [1.54, 1.807) is 6.07 Å². The minimum absolute atomic E-state index is 0.108. The van der Waals surface area contributed by atoms with Crippen LogP contribution >= 0.6 is 0 Å². The van der Waals surface area contributed by atoms with Crippen LogP contribution in [0, 0.1) is 0 Å². The van der Waals surface area contributed by atoms with Crippen molar-refractivity contribution >= 4 is 11.8 Å². The van der Waals surface area contributed by atoms with E-state index in [0.29, 0.717) is 30.2 Å². The van der Waals surface area contributed by atoms with Crippen LogP contribution in [0.4, 0.5) is 0 Å². The topological polar surface area (TPSA) is 68.3 Å². The summed E-state index contributed by atoms with van der Waals surface area (Å²) < 4.78 is 5.72. The Bertz CT molecular complexity index is 726. The Kier molecular flexibility index (Phi) is 3.87. The zero-order valence-corrected chi connectivity index (χ0v) is 12.3. The van der Waals surface area contributed by atoms with Gasteiger partial charge in [-0.15, -0.1) is 0 Å². The summed E-state index contributed by atoms with van der Waals surface area (Å²) in [6.45, 7) is 2.36. The number of ether oxygens (including phenoxy) is 1. The third-order valence-corrected chi connectivity index (χ3v) is 3.57. The summed E-state index contributed by atoms with van der Waals surface area (Å²) in [6.07, 6.45) is 0.783. The minimum Gasteiger partial charge on any atom is -0.473 e. The molecule has 0 saturated carbocycles. The minimum atomic E-state index is -0.370. The Morgan fingerprint density at radius 3 is 2.73 bits per heavy atom. The van der Waals surface area contributed by atoms with E-state index in [0.717, 1.165) is 11.1 Å². The molecule has 0 bridgehead atoms. The van der Waals surface area contributed by atoms with Crippen LogP contribution in [0.25, 0.3) is 0 Å². The number of imide groups is 1. The van der Waals surface area contributed by atoms with Gasteiger partial charge in [-0.3, -0.25) is 14.9 Å². The number of benzene rings is 1. The third kappa shape index (κ3) is 2.83. The molecule has 5 heteroatoms. The molecule has 112 valence electrons. The quantitative estimate of drug-likeness (QED) is 0.877. The molecule has 5 nitrogen and oxygen atoms in total. The average Bonchev–Trinajstić information content (AvgIpc) is 2.52. The number of pyridine rings is 1. The standard InChI is InChI=1S/C17H16N2O3/c1-2-12-8-15(22-10-11-6-4-3-5-7-11)18-13-9-14(20)19-17(21)16(12)13/h3-8H,2,9-10H2,1H3,(H,19,20,21). The summed E-state index contributed by atoms with van der Waals surface area (Å²) in [5.41, 5.74) is 2.89. The molecule has 22 heavy (non-hydrogen) atoms. The van der Waals surface area contributed by atoms with Crippen molar-refractivity contribution in [3.05, 3.63) is 58.8 Å². The number of aryl methyl sites for hydroxylation is 1. The van der Waals surface area contributed by atoms with Crippen LogP contribution < -0.4 is 10.1 Å². The van der Waals surface area contributed by atoms with Gasteiger partial charge in [0.1, 0.15) is 6.61 Å². The number of rotatable bonds is 4. The zero-order valence-electron chi connectivity index (χ0n) is 12.3. The van der Waals surface area contributed by atoms with Crippen molar-refractivity contribution < 1.29 is 14.3 Å². The molecule has 1 N–H and O–H groups in total. The van der Waals surface area contributed by atoms with Crippen LogP contribution in [0.5, 0.6) is 5.88 Å². The molecule has 3 rings (SSSR count). The van der Waals surface area contributed by atoms with Crippen LogP contribution in [-0.2, 0) is 24.2 Å². The molecule has 0 radical (unpaired) electrons. The van der Waals surface area contributed by atoms with Crippen LogP contribution in [0.1, 0.15) is 34.1 Å². The number of hydrogen-bond donors (Lipinski definition) is 1. The number of amides is 2. The molecule has 0 unspecified atom stereocenters. The number of nitrogens with zero attached hydrogens (tertiary/aromatic N) is 1. The lowest BCUT2D eigenvalue weighted by molar-refractivity contribution is -0.119. The first kappa shape index (κ1) is 14.3. The number of aromatic nitrogens is 1. The van der Waals surface area contributed by atoms with Gasteiger partial charge in [0.2, 0.25) is 11.8 Å². The fourth-order valence-electron chi connectivity index (χ4n) is 2.50. The average molecular weight is 296 g/mol. The first-order valence-corrected chi connectivity index (χ1v) is 7.21. The summed E-state index contributed by atoms with van der Waals surface area (Å²) in [6, 6.07) is 11.5. The van der Waals surface area contributed by atoms with E-state index in [-0.39, 0.29) is 18.2 Å². The van der Waals surface area contributed by atoms with Gasteiger partial charge in [0.05, 0.1) is 17.7 Å². The van der Waals surface area contributed by atoms with Gasteiger partial charge in [-0.05, 0) is 17.5 Å². The van der Waals surface area contributed by atoms with E-state index in [9.17, 15) is 9.59 Å². The lowest BCUT2D eigenvalue weighted by atomic mass is 9.98.